The fraction of sp³-hybridized carbons (Fsp3) is 0.120. The number of amides is 1. The van der Waals surface area contributed by atoms with Crippen LogP contribution in [0, 0.1) is 0 Å². The van der Waals surface area contributed by atoms with Crippen molar-refractivity contribution in [1.29, 1.82) is 0 Å². The molecule has 1 aliphatic rings. The summed E-state index contributed by atoms with van der Waals surface area (Å²) in [5.74, 6) is -0.131. The van der Waals surface area contributed by atoms with Crippen LogP contribution < -0.4 is 10.5 Å². The second kappa shape index (κ2) is 7.65. The molecule has 0 N–H and O–H groups in total. The molecule has 3 heterocycles. The van der Waals surface area contributed by atoms with Gasteiger partial charge in [0.15, 0.2) is 0 Å². The summed E-state index contributed by atoms with van der Waals surface area (Å²) < 4.78 is 1.49. The van der Waals surface area contributed by atoms with Crippen LogP contribution in [-0.2, 0) is 11.3 Å². The zero-order chi connectivity index (χ0) is 21.4. The van der Waals surface area contributed by atoms with E-state index in [0.29, 0.717) is 11.3 Å². The van der Waals surface area contributed by atoms with Gasteiger partial charge in [-0.3, -0.25) is 19.0 Å². The van der Waals surface area contributed by atoms with Crippen molar-refractivity contribution in [1.82, 2.24) is 9.38 Å². The molecule has 4 aromatic rings. The van der Waals surface area contributed by atoms with E-state index in [0.717, 1.165) is 22.5 Å². The summed E-state index contributed by atoms with van der Waals surface area (Å²) in [6.07, 6.45) is 1.68. The van der Waals surface area contributed by atoms with E-state index in [-0.39, 0.29) is 18.0 Å². The van der Waals surface area contributed by atoms with E-state index in [9.17, 15) is 9.59 Å². The Labute approximate surface area is 179 Å². The van der Waals surface area contributed by atoms with Crippen molar-refractivity contribution < 1.29 is 4.79 Å². The van der Waals surface area contributed by atoms with E-state index < -0.39 is 6.04 Å². The van der Waals surface area contributed by atoms with Gasteiger partial charge in [0, 0.05) is 23.4 Å². The lowest BCUT2D eigenvalue weighted by Gasteiger charge is -2.24. The zero-order valence-electron chi connectivity index (χ0n) is 17.0. The predicted molar refractivity (Wildman–Crippen MR) is 121 cm³/mol. The maximum absolute atomic E-state index is 13.3. The molecule has 0 aliphatic carbocycles. The smallest absolute Gasteiger partial charge is 0.258 e. The normalized spacial score (nSPS) is 16.0. The van der Waals surface area contributed by atoms with Gasteiger partial charge in [0.2, 0.25) is 0 Å². The number of hydrogen-bond acceptors (Lipinski definition) is 4. The number of para-hydroxylation sites is 1. The molecule has 0 bridgehead atoms. The molecular formula is C25H20N4O2. The molecule has 0 spiro atoms. The van der Waals surface area contributed by atoms with Crippen LogP contribution in [0.5, 0.6) is 0 Å². The van der Waals surface area contributed by atoms with Gasteiger partial charge < -0.3 is 4.90 Å². The van der Waals surface area contributed by atoms with E-state index in [1.165, 1.54) is 10.5 Å². The van der Waals surface area contributed by atoms with Crippen molar-refractivity contribution in [2.24, 2.45) is 4.99 Å². The van der Waals surface area contributed by atoms with Gasteiger partial charge in [-0.2, -0.15) is 0 Å². The van der Waals surface area contributed by atoms with Gasteiger partial charge in [-0.05, 0) is 25.1 Å². The molecule has 6 nitrogen and oxygen atoms in total. The quantitative estimate of drug-likeness (QED) is 0.521. The lowest BCUT2D eigenvalue weighted by molar-refractivity contribution is -0.119. The van der Waals surface area contributed by atoms with Crippen molar-refractivity contribution in [3.8, 4) is 0 Å². The number of hydrogen-bond donors (Lipinski definition) is 0. The molecule has 2 aromatic heterocycles. The number of rotatable bonds is 3. The van der Waals surface area contributed by atoms with Crippen LogP contribution in [-0.4, -0.2) is 27.0 Å². The van der Waals surface area contributed by atoms with Crippen molar-refractivity contribution in [3.05, 3.63) is 112 Å². The Hall–Kier alpha value is -4.06. The second-order valence-electron chi connectivity index (χ2n) is 7.48. The molecule has 31 heavy (non-hydrogen) atoms. The first-order valence-corrected chi connectivity index (χ1v) is 10.1. The number of aromatic nitrogens is 2. The Bertz CT molecular complexity index is 1380. The van der Waals surface area contributed by atoms with Crippen molar-refractivity contribution in [2.75, 3.05) is 4.90 Å². The van der Waals surface area contributed by atoms with Crippen LogP contribution in [0.15, 0.2) is 94.8 Å². The van der Waals surface area contributed by atoms with E-state index in [4.69, 9.17) is 4.99 Å². The molecule has 0 saturated heterocycles. The number of aliphatic imine (C=N–C) groups is 1. The zero-order valence-corrected chi connectivity index (χ0v) is 17.0. The molecule has 2 aromatic carbocycles. The number of nitrogens with zero attached hydrogens (tertiary/aromatic N) is 4. The van der Waals surface area contributed by atoms with E-state index in [1.54, 1.807) is 30.2 Å². The highest BCUT2D eigenvalue weighted by Crippen LogP contribution is 2.29. The average Bonchev–Trinajstić information content (AvgIpc) is 2.90. The summed E-state index contributed by atoms with van der Waals surface area (Å²) in [5, 5.41) is 0. The van der Waals surface area contributed by atoms with Crippen LogP contribution in [0.25, 0.3) is 5.65 Å². The number of carbonyl (C=O) groups excluding carboxylic acids is 1. The molecule has 6 heteroatoms. The molecule has 5 rings (SSSR count). The Balaban J connectivity index is 1.62. The third-order valence-electron chi connectivity index (χ3n) is 5.39. The first kappa shape index (κ1) is 18.9. The third kappa shape index (κ3) is 3.42. The van der Waals surface area contributed by atoms with E-state index >= 15 is 0 Å². The van der Waals surface area contributed by atoms with Crippen LogP contribution in [0.4, 0.5) is 5.69 Å². The minimum absolute atomic E-state index is 0.131. The van der Waals surface area contributed by atoms with Crippen molar-refractivity contribution in [2.45, 2.75) is 19.5 Å². The average molecular weight is 408 g/mol. The molecule has 0 saturated carbocycles. The highest BCUT2D eigenvalue weighted by Gasteiger charge is 2.29. The monoisotopic (exact) mass is 408 g/mol. The van der Waals surface area contributed by atoms with Gasteiger partial charge >= 0.3 is 0 Å². The van der Waals surface area contributed by atoms with Gasteiger partial charge in [-0.25, -0.2) is 4.98 Å². The molecule has 1 unspecified atom stereocenters. The Morgan fingerprint density at radius 3 is 2.48 bits per heavy atom. The number of pyridine rings is 1. The molecule has 152 valence electrons. The highest BCUT2D eigenvalue weighted by atomic mass is 16.2. The van der Waals surface area contributed by atoms with Gasteiger partial charge in [0.05, 0.1) is 23.6 Å². The first-order chi connectivity index (χ1) is 15.1. The topological polar surface area (TPSA) is 67.0 Å². The van der Waals surface area contributed by atoms with Gasteiger partial charge in [0.1, 0.15) is 11.7 Å². The van der Waals surface area contributed by atoms with E-state index in [2.05, 4.69) is 4.98 Å². The minimum atomic E-state index is -0.566. The number of benzodiazepines with no additional fused rings is 1. The van der Waals surface area contributed by atoms with Crippen molar-refractivity contribution >= 4 is 23.0 Å². The van der Waals surface area contributed by atoms with Crippen LogP contribution >= 0.6 is 0 Å². The Morgan fingerprint density at radius 1 is 0.903 bits per heavy atom. The number of fused-ring (bicyclic) bond motifs is 2. The summed E-state index contributed by atoms with van der Waals surface area (Å²) in [4.78, 5) is 36.9. The van der Waals surface area contributed by atoms with Crippen LogP contribution in [0.2, 0.25) is 0 Å². The largest absolute Gasteiger partial charge is 0.304 e. The lowest BCUT2D eigenvalue weighted by Crippen LogP contribution is -2.36. The number of anilines is 1. The number of benzene rings is 2. The standard InChI is InChI=1S/C25H20N4O2/c1-17-25(31)29(16-19-15-23(30)28-14-8-7-13-22(28)27-19)21-12-6-5-11-20(21)24(26-17)18-9-3-2-4-10-18/h2-15,17H,16H2,1H3. The lowest BCUT2D eigenvalue weighted by atomic mass is 10.00. The number of carbonyl (C=O) groups is 1. The summed E-state index contributed by atoms with van der Waals surface area (Å²) in [6.45, 7) is 1.99. The SMILES string of the molecule is CC1N=C(c2ccccc2)c2ccccc2N(Cc2cc(=O)n3ccccc3n2)C1=O. The van der Waals surface area contributed by atoms with E-state index in [1.807, 2.05) is 60.7 Å². The summed E-state index contributed by atoms with van der Waals surface area (Å²) >= 11 is 0. The summed E-state index contributed by atoms with van der Waals surface area (Å²) in [6, 6.07) is 23.9. The molecule has 1 aliphatic heterocycles. The Morgan fingerprint density at radius 2 is 1.65 bits per heavy atom. The summed E-state index contributed by atoms with van der Waals surface area (Å²) in [5.41, 5.74) is 4.29. The minimum Gasteiger partial charge on any atom is -0.304 e. The Kier molecular flexibility index (Phi) is 4.67. The van der Waals surface area contributed by atoms with Gasteiger partial charge in [-0.15, -0.1) is 0 Å². The first-order valence-electron chi connectivity index (χ1n) is 10.1. The predicted octanol–water partition coefficient (Wildman–Crippen LogP) is 3.47. The van der Waals surface area contributed by atoms with Crippen molar-refractivity contribution in [3.63, 3.8) is 0 Å². The molecule has 1 atom stereocenters. The van der Waals surface area contributed by atoms with Gasteiger partial charge in [0.25, 0.3) is 11.5 Å². The fourth-order valence-electron chi connectivity index (χ4n) is 3.91. The molecule has 0 radical (unpaired) electrons. The highest BCUT2D eigenvalue weighted by molar-refractivity contribution is 6.20. The van der Waals surface area contributed by atoms with Crippen LogP contribution in [0.1, 0.15) is 23.7 Å². The van der Waals surface area contributed by atoms with Gasteiger partial charge in [-0.1, -0.05) is 54.6 Å². The summed E-state index contributed by atoms with van der Waals surface area (Å²) in [7, 11) is 0. The molecular weight excluding hydrogens is 388 g/mol. The fourth-order valence-corrected chi connectivity index (χ4v) is 3.91. The molecule has 1 amide bonds. The maximum Gasteiger partial charge on any atom is 0.258 e. The maximum atomic E-state index is 13.3. The molecule has 0 fully saturated rings. The van der Waals surface area contributed by atoms with Crippen LogP contribution in [0.3, 0.4) is 0 Å². The third-order valence-corrected chi connectivity index (χ3v) is 5.39. The second-order valence-corrected chi connectivity index (χ2v) is 7.48.